The van der Waals surface area contributed by atoms with E-state index in [1.165, 1.54) is 5.56 Å². The van der Waals surface area contributed by atoms with Crippen molar-refractivity contribution >= 4 is 11.7 Å². The molecule has 0 bridgehead atoms. The molecule has 1 aliphatic carbocycles. The molecule has 0 unspecified atom stereocenters. The summed E-state index contributed by atoms with van der Waals surface area (Å²) in [6.07, 6.45) is 4.43. The van der Waals surface area contributed by atoms with Gasteiger partial charge < -0.3 is 10.4 Å². The largest absolute Gasteiger partial charge is 0.480 e. The van der Waals surface area contributed by atoms with Crippen LogP contribution in [0.25, 0.3) is 0 Å². The zero-order valence-electron chi connectivity index (χ0n) is 10.2. The van der Waals surface area contributed by atoms with Crippen molar-refractivity contribution in [3.05, 3.63) is 29.8 Å². The zero-order valence-corrected chi connectivity index (χ0v) is 10.2. The highest BCUT2D eigenvalue weighted by Gasteiger charge is 2.41. The lowest BCUT2D eigenvalue weighted by Crippen LogP contribution is -2.43. The van der Waals surface area contributed by atoms with Gasteiger partial charge in [0.05, 0.1) is 0 Å². The van der Waals surface area contributed by atoms with Gasteiger partial charge in [0.1, 0.15) is 5.54 Å². The summed E-state index contributed by atoms with van der Waals surface area (Å²) in [6, 6.07) is 8.04. The van der Waals surface area contributed by atoms with Crippen LogP contribution in [0.5, 0.6) is 0 Å². The van der Waals surface area contributed by atoms with Crippen LogP contribution < -0.4 is 5.32 Å². The molecule has 1 aliphatic rings. The molecule has 0 aromatic heterocycles. The third-order valence-corrected chi connectivity index (χ3v) is 3.61. The van der Waals surface area contributed by atoms with E-state index in [0.29, 0.717) is 0 Å². The average Bonchev–Trinajstić information content (AvgIpc) is 2.80. The Morgan fingerprint density at radius 1 is 1.29 bits per heavy atom. The first-order valence-corrected chi connectivity index (χ1v) is 6.27. The fourth-order valence-corrected chi connectivity index (χ4v) is 2.47. The molecule has 92 valence electrons. The number of aliphatic carboxylic acids is 1. The maximum Gasteiger partial charge on any atom is 0.329 e. The van der Waals surface area contributed by atoms with Crippen LogP contribution in [0, 0.1) is 0 Å². The zero-order chi connectivity index (χ0) is 12.3. The van der Waals surface area contributed by atoms with Crippen molar-refractivity contribution in [2.75, 3.05) is 5.32 Å². The Kier molecular flexibility index (Phi) is 3.36. The average molecular weight is 233 g/mol. The molecular formula is C14H19NO2. The van der Waals surface area contributed by atoms with Gasteiger partial charge in [-0.05, 0) is 37.0 Å². The lowest BCUT2D eigenvalue weighted by Gasteiger charge is -2.26. The standard InChI is InChI=1S/C14H19NO2/c1-2-11-5-7-12(8-6-11)15-14(13(16)17)9-3-4-10-14/h5-8,15H,2-4,9-10H2,1H3,(H,16,17). The topological polar surface area (TPSA) is 49.3 Å². The van der Waals surface area contributed by atoms with Gasteiger partial charge in [-0.15, -0.1) is 0 Å². The molecule has 0 aliphatic heterocycles. The Morgan fingerprint density at radius 3 is 2.35 bits per heavy atom. The van der Waals surface area contributed by atoms with Gasteiger partial charge in [0.2, 0.25) is 0 Å². The van der Waals surface area contributed by atoms with E-state index >= 15 is 0 Å². The second-order valence-corrected chi connectivity index (χ2v) is 4.77. The number of anilines is 1. The fourth-order valence-electron chi connectivity index (χ4n) is 2.47. The summed E-state index contributed by atoms with van der Waals surface area (Å²) in [5.74, 6) is -0.727. The first kappa shape index (κ1) is 12.0. The molecular weight excluding hydrogens is 214 g/mol. The van der Waals surface area contributed by atoms with E-state index in [1.54, 1.807) is 0 Å². The molecule has 3 nitrogen and oxygen atoms in total. The first-order chi connectivity index (χ1) is 8.16. The summed E-state index contributed by atoms with van der Waals surface area (Å²) in [5, 5.41) is 12.6. The van der Waals surface area contributed by atoms with Crippen LogP contribution in [0.15, 0.2) is 24.3 Å². The van der Waals surface area contributed by atoms with Crippen molar-refractivity contribution < 1.29 is 9.90 Å². The van der Waals surface area contributed by atoms with Crippen molar-refractivity contribution in [2.24, 2.45) is 0 Å². The first-order valence-electron chi connectivity index (χ1n) is 6.27. The minimum atomic E-state index is -0.742. The van der Waals surface area contributed by atoms with Crippen molar-refractivity contribution in [1.29, 1.82) is 0 Å². The SMILES string of the molecule is CCc1ccc(NC2(C(=O)O)CCCC2)cc1. The highest BCUT2D eigenvalue weighted by Crippen LogP contribution is 2.33. The van der Waals surface area contributed by atoms with Gasteiger partial charge in [-0.1, -0.05) is 31.9 Å². The van der Waals surface area contributed by atoms with E-state index in [9.17, 15) is 9.90 Å². The molecule has 2 rings (SSSR count). The van der Waals surface area contributed by atoms with E-state index in [1.807, 2.05) is 24.3 Å². The summed E-state index contributed by atoms with van der Waals surface area (Å²) < 4.78 is 0. The Morgan fingerprint density at radius 2 is 1.88 bits per heavy atom. The molecule has 1 aromatic carbocycles. The van der Waals surface area contributed by atoms with Crippen molar-refractivity contribution in [2.45, 2.75) is 44.6 Å². The fraction of sp³-hybridized carbons (Fsp3) is 0.500. The van der Waals surface area contributed by atoms with Crippen LogP contribution in [0.3, 0.4) is 0 Å². The van der Waals surface area contributed by atoms with E-state index < -0.39 is 11.5 Å². The second kappa shape index (κ2) is 4.78. The number of aryl methyl sites for hydroxylation is 1. The lowest BCUT2D eigenvalue weighted by atomic mass is 9.97. The molecule has 17 heavy (non-hydrogen) atoms. The molecule has 1 fully saturated rings. The summed E-state index contributed by atoms with van der Waals surface area (Å²) in [7, 11) is 0. The van der Waals surface area contributed by atoms with Crippen LogP contribution in [0.4, 0.5) is 5.69 Å². The van der Waals surface area contributed by atoms with Crippen molar-refractivity contribution in [3.8, 4) is 0 Å². The number of carboxylic acid groups (broad SMARTS) is 1. The van der Waals surface area contributed by atoms with Gasteiger partial charge in [0.25, 0.3) is 0 Å². The van der Waals surface area contributed by atoms with Crippen molar-refractivity contribution in [1.82, 2.24) is 0 Å². The lowest BCUT2D eigenvalue weighted by molar-refractivity contribution is -0.142. The van der Waals surface area contributed by atoms with Crippen LogP contribution >= 0.6 is 0 Å². The third-order valence-electron chi connectivity index (χ3n) is 3.61. The third kappa shape index (κ3) is 2.43. The Bertz CT molecular complexity index is 391. The molecule has 0 heterocycles. The monoisotopic (exact) mass is 233 g/mol. The van der Waals surface area contributed by atoms with Gasteiger partial charge in [-0.3, -0.25) is 0 Å². The molecule has 0 atom stereocenters. The van der Waals surface area contributed by atoms with Crippen LogP contribution in [-0.2, 0) is 11.2 Å². The van der Waals surface area contributed by atoms with E-state index in [4.69, 9.17) is 0 Å². The predicted molar refractivity (Wildman–Crippen MR) is 68.3 cm³/mol. The van der Waals surface area contributed by atoms with Crippen LogP contribution in [0.2, 0.25) is 0 Å². The Hall–Kier alpha value is -1.51. The normalized spacial score (nSPS) is 17.9. The number of hydrogen-bond acceptors (Lipinski definition) is 2. The summed E-state index contributed by atoms with van der Waals surface area (Å²) in [5.41, 5.74) is 1.44. The minimum absolute atomic E-state index is 0.720. The summed E-state index contributed by atoms with van der Waals surface area (Å²) in [6.45, 7) is 2.11. The molecule has 0 amide bonds. The molecule has 1 saturated carbocycles. The molecule has 0 saturated heterocycles. The number of nitrogens with one attached hydrogen (secondary N) is 1. The maximum absolute atomic E-state index is 11.4. The molecule has 3 heteroatoms. The maximum atomic E-state index is 11.4. The number of rotatable bonds is 4. The molecule has 0 radical (unpaired) electrons. The molecule has 0 spiro atoms. The Labute approximate surface area is 102 Å². The van der Waals surface area contributed by atoms with E-state index in [2.05, 4.69) is 12.2 Å². The van der Waals surface area contributed by atoms with Gasteiger partial charge in [0, 0.05) is 5.69 Å². The van der Waals surface area contributed by atoms with Crippen LogP contribution in [-0.4, -0.2) is 16.6 Å². The number of hydrogen-bond donors (Lipinski definition) is 2. The molecule has 1 aromatic rings. The predicted octanol–water partition coefficient (Wildman–Crippen LogP) is 3.06. The van der Waals surface area contributed by atoms with Crippen molar-refractivity contribution in [3.63, 3.8) is 0 Å². The summed E-state index contributed by atoms with van der Waals surface area (Å²) >= 11 is 0. The second-order valence-electron chi connectivity index (χ2n) is 4.77. The number of carbonyl (C=O) groups is 1. The van der Waals surface area contributed by atoms with E-state index in [0.717, 1.165) is 37.8 Å². The van der Waals surface area contributed by atoms with Gasteiger partial charge >= 0.3 is 5.97 Å². The van der Waals surface area contributed by atoms with Gasteiger partial charge in [-0.2, -0.15) is 0 Å². The summed E-state index contributed by atoms with van der Waals surface area (Å²) in [4.78, 5) is 11.4. The van der Waals surface area contributed by atoms with Crippen LogP contribution in [0.1, 0.15) is 38.2 Å². The van der Waals surface area contributed by atoms with E-state index in [-0.39, 0.29) is 0 Å². The quantitative estimate of drug-likeness (QED) is 0.840. The number of carboxylic acids is 1. The Balaban J connectivity index is 2.15. The highest BCUT2D eigenvalue weighted by atomic mass is 16.4. The minimum Gasteiger partial charge on any atom is -0.480 e. The van der Waals surface area contributed by atoms with Gasteiger partial charge in [-0.25, -0.2) is 4.79 Å². The number of benzene rings is 1. The smallest absolute Gasteiger partial charge is 0.329 e. The van der Waals surface area contributed by atoms with Gasteiger partial charge in [0.15, 0.2) is 0 Å². The molecule has 2 N–H and O–H groups in total. The highest BCUT2D eigenvalue weighted by molar-refractivity contribution is 5.83.